The molecule has 1 unspecified atom stereocenters. The number of para-hydroxylation sites is 2. The van der Waals surface area contributed by atoms with Crippen LogP contribution in [0.5, 0.6) is 5.75 Å². The van der Waals surface area contributed by atoms with Gasteiger partial charge in [0.2, 0.25) is 0 Å². The summed E-state index contributed by atoms with van der Waals surface area (Å²) in [6, 6.07) is 8.19. The Kier molecular flexibility index (Phi) is 10.2. The zero-order valence-corrected chi connectivity index (χ0v) is 24.1. The molecule has 1 aliphatic carbocycles. The van der Waals surface area contributed by atoms with Crippen molar-refractivity contribution in [1.29, 1.82) is 0 Å². The van der Waals surface area contributed by atoms with Crippen molar-refractivity contribution in [2.24, 2.45) is 5.90 Å². The SMILES string of the molecule is C=C/C(=C\C(=C)CN1CCN(c2ccccc2OC(C)C)CC1)C(=O)N1CCC2=CC(NS(=O)ON)=CCC=C21. The van der Waals surface area contributed by atoms with E-state index in [2.05, 4.69) is 38.0 Å². The number of amides is 1. The fraction of sp³-hybridized carbons (Fsp3) is 0.367. The number of nitrogens with two attached hydrogens (primary N) is 1. The Labute approximate surface area is 239 Å². The molecule has 0 aromatic heterocycles. The van der Waals surface area contributed by atoms with Gasteiger partial charge in [0, 0.05) is 56.2 Å². The van der Waals surface area contributed by atoms with Crippen LogP contribution in [0, 0.1) is 0 Å². The zero-order chi connectivity index (χ0) is 28.6. The number of carbonyl (C=O) groups is 1. The van der Waals surface area contributed by atoms with Gasteiger partial charge in [0.05, 0.1) is 11.8 Å². The third-order valence-corrected chi connectivity index (χ3v) is 7.51. The van der Waals surface area contributed by atoms with E-state index in [-0.39, 0.29) is 12.0 Å². The first kappa shape index (κ1) is 29.5. The van der Waals surface area contributed by atoms with Gasteiger partial charge in [-0.25, -0.2) is 4.21 Å². The first-order valence-electron chi connectivity index (χ1n) is 13.5. The van der Waals surface area contributed by atoms with Gasteiger partial charge in [-0.05, 0) is 62.1 Å². The summed E-state index contributed by atoms with van der Waals surface area (Å²) in [5.74, 6) is 5.79. The number of likely N-dealkylation sites (tertiary alicyclic amines) is 1. The average Bonchev–Trinajstić information content (AvgIpc) is 3.22. The minimum Gasteiger partial charge on any atom is -0.489 e. The van der Waals surface area contributed by atoms with E-state index in [9.17, 15) is 9.00 Å². The number of carbonyl (C=O) groups excluding carboxylic acids is 1. The molecule has 214 valence electrons. The molecule has 1 aromatic rings. The van der Waals surface area contributed by atoms with Crippen molar-refractivity contribution in [2.45, 2.75) is 32.8 Å². The minimum absolute atomic E-state index is 0.109. The van der Waals surface area contributed by atoms with E-state index in [1.807, 2.05) is 56.4 Å². The molecule has 9 nitrogen and oxygen atoms in total. The van der Waals surface area contributed by atoms with E-state index in [0.29, 0.717) is 37.2 Å². The van der Waals surface area contributed by atoms with Gasteiger partial charge < -0.3 is 14.5 Å². The summed E-state index contributed by atoms with van der Waals surface area (Å²) in [5.41, 5.74) is 4.98. The molecular formula is C30H39N5O4S. The predicted octanol–water partition coefficient (Wildman–Crippen LogP) is 3.65. The van der Waals surface area contributed by atoms with Gasteiger partial charge in [-0.15, -0.1) is 0 Å². The second kappa shape index (κ2) is 13.8. The Bertz CT molecular complexity index is 1270. The topological polar surface area (TPSA) is 100 Å². The first-order valence-corrected chi connectivity index (χ1v) is 14.6. The van der Waals surface area contributed by atoms with Crippen LogP contribution in [0.2, 0.25) is 0 Å². The summed E-state index contributed by atoms with van der Waals surface area (Å²) < 4.78 is 24.7. The number of anilines is 1. The van der Waals surface area contributed by atoms with Crippen LogP contribution in [0.25, 0.3) is 0 Å². The number of rotatable bonds is 11. The van der Waals surface area contributed by atoms with Crippen molar-refractivity contribution in [3.05, 3.63) is 95.9 Å². The molecular weight excluding hydrogens is 526 g/mol. The standard InChI is InChI=1S/C30H39N5O4S/c1-5-24(30(36)35-14-13-25-20-26(32-40(37)39-31)9-8-11-27(25)35)19-23(4)21-33-15-17-34(18-16-33)28-10-6-7-12-29(28)38-22(2)3/h5-7,9-12,19-20,22,32H,1,4,8,13-18,21,31H2,2-3H3/b24-19+. The Hall–Kier alpha value is -3.44. The Morgan fingerprint density at radius 3 is 2.62 bits per heavy atom. The number of hydrogen-bond acceptors (Lipinski definition) is 7. The van der Waals surface area contributed by atoms with Gasteiger partial charge in [0.25, 0.3) is 17.2 Å². The Morgan fingerprint density at radius 1 is 1.18 bits per heavy atom. The smallest absolute Gasteiger partial charge is 0.279 e. The third-order valence-electron chi connectivity index (χ3n) is 6.93. The van der Waals surface area contributed by atoms with Crippen molar-refractivity contribution in [3.63, 3.8) is 0 Å². The molecule has 2 aliphatic heterocycles. The maximum atomic E-state index is 13.5. The maximum Gasteiger partial charge on any atom is 0.279 e. The summed E-state index contributed by atoms with van der Waals surface area (Å²) in [7, 11) is 0. The first-order chi connectivity index (χ1) is 19.3. The molecule has 0 spiro atoms. The highest BCUT2D eigenvalue weighted by molar-refractivity contribution is 7.78. The van der Waals surface area contributed by atoms with Gasteiger partial charge in [-0.3, -0.25) is 14.4 Å². The number of ether oxygens (including phenoxy) is 1. The monoisotopic (exact) mass is 565 g/mol. The number of nitrogens with zero attached hydrogens (tertiary/aromatic N) is 3. The third kappa shape index (κ3) is 7.39. The second-order valence-corrected chi connectivity index (χ2v) is 11.0. The van der Waals surface area contributed by atoms with E-state index in [0.717, 1.165) is 54.5 Å². The molecule has 0 bridgehead atoms. The van der Waals surface area contributed by atoms with Crippen molar-refractivity contribution in [2.75, 3.05) is 44.2 Å². The molecule has 0 radical (unpaired) electrons. The summed E-state index contributed by atoms with van der Waals surface area (Å²) in [6.07, 6.45) is 10.6. The van der Waals surface area contributed by atoms with Crippen LogP contribution in [-0.4, -0.2) is 65.3 Å². The lowest BCUT2D eigenvalue weighted by atomic mass is 10.1. The van der Waals surface area contributed by atoms with E-state index in [1.54, 1.807) is 11.0 Å². The van der Waals surface area contributed by atoms with E-state index in [1.165, 1.54) is 0 Å². The number of allylic oxidation sites excluding steroid dienone is 4. The lowest BCUT2D eigenvalue weighted by Gasteiger charge is -2.37. The van der Waals surface area contributed by atoms with Gasteiger partial charge in [-0.2, -0.15) is 10.2 Å². The highest BCUT2D eigenvalue weighted by Gasteiger charge is 2.29. The highest BCUT2D eigenvalue weighted by atomic mass is 32.2. The van der Waals surface area contributed by atoms with Crippen molar-refractivity contribution in [1.82, 2.24) is 14.5 Å². The Morgan fingerprint density at radius 2 is 1.93 bits per heavy atom. The van der Waals surface area contributed by atoms with Gasteiger partial charge in [0.15, 0.2) is 0 Å². The van der Waals surface area contributed by atoms with E-state index < -0.39 is 11.3 Å². The van der Waals surface area contributed by atoms with Crippen molar-refractivity contribution >= 4 is 22.9 Å². The molecule has 3 aliphatic rings. The molecule has 0 saturated carbocycles. The molecule has 1 amide bonds. The molecule has 40 heavy (non-hydrogen) atoms. The van der Waals surface area contributed by atoms with Crippen LogP contribution < -0.4 is 20.3 Å². The van der Waals surface area contributed by atoms with E-state index in [4.69, 9.17) is 10.6 Å². The number of hydrogen-bond donors (Lipinski definition) is 2. The predicted molar refractivity (Wildman–Crippen MR) is 160 cm³/mol. The normalized spacial score (nSPS) is 18.8. The van der Waals surface area contributed by atoms with Gasteiger partial charge in [0.1, 0.15) is 5.75 Å². The van der Waals surface area contributed by atoms with Gasteiger partial charge in [-0.1, -0.05) is 43.5 Å². The molecule has 4 rings (SSSR count). The fourth-order valence-electron chi connectivity index (χ4n) is 5.12. The molecule has 2 saturated heterocycles. The second-order valence-electron chi connectivity index (χ2n) is 10.2. The van der Waals surface area contributed by atoms with Crippen LogP contribution in [0.1, 0.15) is 26.7 Å². The number of benzene rings is 1. The zero-order valence-electron chi connectivity index (χ0n) is 23.3. The van der Waals surface area contributed by atoms with Crippen LogP contribution in [-0.2, 0) is 20.3 Å². The highest BCUT2D eigenvalue weighted by Crippen LogP contribution is 2.32. The Balaban J connectivity index is 1.35. The average molecular weight is 566 g/mol. The largest absolute Gasteiger partial charge is 0.489 e. The molecule has 3 N–H and O–H groups in total. The lowest BCUT2D eigenvalue weighted by Crippen LogP contribution is -2.47. The van der Waals surface area contributed by atoms with Crippen LogP contribution >= 0.6 is 0 Å². The molecule has 2 heterocycles. The maximum absolute atomic E-state index is 13.5. The fourth-order valence-corrected chi connectivity index (χ4v) is 5.51. The van der Waals surface area contributed by atoms with Crippen molar-refractivity contribution < 1.29 is 18.0 Å². The summed E-state index contributed by atoms with van der Waals surface area (Å²) >= 11 is -1.83. The van der Waals surface area contributed by atoms with Crippen LogP contribution in [0.3, 0.4) is 0 Å². The molecule has 1 atom stereocenters. The van der Waals surface area contributed by atoms with Gasteiger partial charge >= 0.3 is 0 Å². The van der Waals surface area contributed by atoms with Crippen LogP contribution in [0.4, 0.5) is 5.69 Å². The number of piperazine rings is 1. The molecule has 1 aromatic carbocycles. The summed E-state index contributed by atoms with van der Waals surface area (Å²) in [4.78, 5) is 20.0. The summed E-state index contributed by atoms with van der Waals surface area (Å²) in [5, 5.41) is 0. The summed E-state index contributed by atoms with van der Waals surface area (Å²) in [6.45, 7) is 17.0. The lowest BCUT2D eigenvalue weighted by molar-refractivity contribution is -0.124. The molecule has 2 fully saturated rings. The minimum atomic E-state index is -1.83. The number of fused-ring (bicyclic) bond motifs is 1. The van der Waals surface area contributed by atoms with E-state index >= 15 is 0 Å². The van der Waals surface area contributed by atoms with Crippen LogP contribution in [0.15, 0.2) is 95.9 Å². The molecule has 10 heteroatoms. The number of nitrogens with one attached hydrogen (secondary N) is 1. The quantitative estimate of drug-likeness (QED) is 0.240. The van der Waals surface area contributed by atoms with Crippen molar-refractivity contribution in [3.8, 4) is 5.75 Å².